The molecule has 1 atom stereocenters. The van der Waals surface area contributed by atoms with Crippen molar-refractivity contribution >= 4 is 5.91 Å². The van der Waals surface area contributed by atoms with Crippen molar-refractivity contribution in [2.24, 2.45) is 0 Å². The fourth-order valence-corrected chi connectivity index (χ4v) is 1.79. The second kappa shape index (κ2) is 5.95. The number of aromatic nitrogens is 2. The third-order valence-corrected chi connectivity index (χ3v) is 2.84. The van der Waals surface area contributed by atoms with Gasteiger partial charge in [0.05, 0.1) is 0 Å². The van der Waals surface area contributed by atoms with Crippen LogP contribution >= 0.6 is 0 Å². The molecule has 0 radical (unpaired) electrons. The van der Waals surface area contributed by atoms with E-state index in [1.807, 2.05) is 13.8 Å². The van der Waals surface area contributed by atoms with Gasteiger partial charge in [0.1, 0.15) is 6.10 Å². The Morgan fingerprint density at radius 2 is 2.33 bits per heavy atom. The zero-order chi connectivity index (χ0) is 13.0. The van der Waals surface area contributed by atoms with Crippen LogP contribution in [0.15, 0.2) is 4.42 Å². The van der Waals surface area contributed by atoms with Crippen LogP contribution in [0.2, 0.25) is 0 Å². The van der Waals surface area contributed by atoms with Gasteiger partial charge in [0, 0.05) is 25.5 Å². The molecule has 6 heteroatoms. The first-order valence-electron chi connectivity index (χ1n) is 6.38. The maximum Gasteiger partial charge on any atom is 0.249 e. The summed E-state index contributed by atoms with van der Waals surface area (Å²) in [5, 5.41) is 10.7. The molecule has 6 nitrogen and oxygen atoms in total. The standard InChI is InChI=1S/C12H19N3O3/c1-8(2)12-15-14-10(18-12)5-6-13-11(16)9-4-3-7-17-9/h8-9H,3-7H2,1-2H3,(H,13,16). The minimum Gasteiger partial charge on any atom is -0.425 e. The molecule has 0 bridgehead atoms. The van der Waals surface area contributed by atoms with Crippen LogP contribution in [0.25, 0.3) is 0 Å². The van der Waals surface area contributed by atoms with Gasteiger partial charge in [-0.1, -0.05) is 13.8 Å². The van der Waals surface area contributed by atoms with Crippen LogP contribution in [0, 0.1) is 0 Å². The summed E-state index contributed by atoms with van der Waals surface area (Å²) in [6.45, 7) is 5.17. The van der Waals surface area contributed by atoms with Crippen LogP contribution in [0.4, 0.5) is 0 Å². The smallest absolute Gasteiger partial charge is 0.249 e. The average molecular weight is 253 g/mol. The summed E-state index contributed by atoms with van der Waals surface area (Å²) >= 11 is 0. The highest BCUT2D eigenvalue weighted by atomic mass is 16.5. The van der Waals surface area contributed by atoms with E-state index in [4.69, 9.17) is 9.15 Å². The van der Waals surface area contributed by atoms with Gasteiger partial charge in [-0.25, -0.2) is 0 Å². The topological polar surface area (TPSA) is 77.2 Å². The van der Waals surface area contributed by atoms with E-state index in [1.165, 1.54) is 0 Å². The molecule has 2 rings (SSSR count). The molecule has 100 valence electrons. The van der Waals surface area contributed by atoms with Crippen molar-refractivity contribution in [3.63, 3.8) is 0 Å². The van der Waals surface area contributed by atoms with Gasteiger partial charge in [0.15, 0.2) is 0 Å². The van der Waals surface area contributed by atoms with E-state index in [9.17, 15) is 4.79 Å². The van der Waals surface area contributed by atoms with E-state index in [-0.39, 0.29) is 17.9 Å². The molecule has 1 aromatic heterocycles. The predicted octanol–water partition coefficient (Wildman–Crippen LogP) is 1.03. The molecule has 1 aromatic rings. The van der Waals surface area contributed by atoms with Gasteiger partial charge in [0.2, 0.25) is 17.7 Å². The number of carbonyl (C=O) groups excluding carboxylic acids is 1. The second-order valence-corrected chi connectivity index (χ2v) is 4.73. The minimum absolute atomic E-state index is 0.0453. The molecular formula is C12H19N3O3. The molecule has 1 fully saturated rings. The largest absolute Gasteiger partial charge is 0.425 e. The fourth-order valence-electron chi connectivity index (χ4n) is 1.79. The molecule has 1 amide bonds. The average Bonchev–Trinajstić information content (AvgIpc) is 3.00. The molecule has 1 aliphatic rings. The lowest BCUT2D eigenvalue weighted by Crippen LogP contribution is -2.35. The van der Waals surface area contributed by atoms with E-state index in [1.54, 1.807) is 0 Å². The van der Waals surface area contributed by atoms with Gasteiger partial charge in [-0.05, 0) is 12.8 Å². The summed E-state index contributed by atoms with van der Waals surface area (Å²) in [7, 11) is 0. The molecule has 18 heavy (non-hydrogen) atoms. The molecule has 1 aliphatic heterocycles. The van der Waals surface area contributed by atoms with Crippen molar-refractivity contribution in [3.8, 4) is 0 Å². The van der Waals surface area contributed by atoms with Crippen LogP contribution in [-0.2, 0) is 16.0 Å². The quantitative estimate of drug-likeness (QED) is 0.848. The number of amides is 1. The monoisotopic (exact) mass is 253 g/mol. The maximum absolute atomic E-state index is 11.6. The van der Waals surface area contributed by atoms with Gasteiger partial charge < -0.3 is 14.5 Å². The first-order chi connectivity index (χ1) is 8.66. The van der Waals surface area contributed by atoms with E-state index < -0.39 is 0 Å². The highest BCUT2D eigenvalue weighted by Crippen LogP contribution is 2.13. The molecule has 0 aromatic carbocycles. The Bertz CT molecular complexity index is 397. The van der Waals surface area contributed by atoms with E-state index in [2.05, 4.69) is 15.5 Å². The van der Waals surface area contributed by atoms with Crippen LogP contribution in [0.3, 0.4) is 0 Å². The lowest BCUT2D eigenvalue weighted by atomic mass is 10.2. The molecule has 1 saturated heterocycles. The zero-order valence-electron chi connectivity index (χ0n) is 10.8. The molecule has 2 heterocycles. The van der Waals surface area contributed by atoms with Crippen LogP contribution in [0.5, 0.6) is 0 Å². The summed E-state index contributed by atoms with van der Waals surface area (Å²) in [4.78, 5) is 11.6. The number of carbonyl (C=O) groups is 1. The van der Waals surface area contributed by atoms with Gasteiger partial charge in [-0.2, -0.15) is 0 Å². The summed E-state index contributed by atoms with van der Waals surface area (Å²) in [6, 6.07) is 0. The van der Waals surface area contributed by atoms with Crippen LogP contribution < -0.4 is 5.32 Å². The fraction of sp³-hybridized carbons (Fsp3) is 0.750. The molecule has 0 aliphatic carbocycles. The Hall–Kier alpha value is -1.43. The lowest BCUT2D eigenvalue weighted by molar-refractivity contribution is -0.130. The molecule has 0 saturated carbocycles. The number of nitrogens with zero attached hydrogens (tertiary/aromatic N) is 2. The summed E-state index contributed by atoms with van der Waals surface area (Å²) in [5.41, 5.74) is 0. The third-order valence-electron chi connectivity index (χ3n) is 2.84. The summed E-state index contributed by atoms with van der Waals surface area (Å²) < 4.78 is 10.7. The Balaban J connectivity index is 1.72. The summed E-state index contributed by atoms with van der Waals surface area (Å²) in [6.07, 6.45) is 2.04. The minimum atomic E-state index is -0.279. The molecular weight excluding hydrogens is 234 g/mol. The Labute approximate surface area is 106 Å². The van der Waals surface area contributed by atoms with Gasteiger partial charge in [-0.3, -0.25) is 4.79 Å². The van der Waals surface area contributed by atoms with Crippen LogP contribution in [-0.4, -0.2) is 35.4 Å². The number of rotatable bonds is 5. The van der Waals surface area contributed by atoms with E-state index >= 15 is 0 Å². The first kappa shape index (κ1) is 13.0. The SMILES string of the molecule is CC(C)c1nnc(CCNC(=O)C2CCCO2)o1. The Morgan fingerprint density at radius 3 is 2.94 bits per heavy atom. The number of ether oxygens (including phenoxy) is 1. The Kier molecular flexibility index (Phi) is 4.30. The Morgan fingerprint density at radius 1 is 1.50 bits per heavy atom. The second-order valence-electron chi connectivity index (χ2n) is 4.73. The van der Waals surface area contributed by atoms with Crippen molar-refractivity contribution < 1.29 is 13.9 Å². The van der Waals surface area contributed by atoms with Crippen molar-refractivity contribution in [1.82, 2.24) is 15.5 Å². The summed E-state index contributed by atoms with van der Waals surface area (Å²) in [5.74, 6) is 1.38. The highest BCUT2D eigenvalue weighted by Gasteiger charge is 2.23. The van der Waals surface area contributed by atoms with Crippen molar-refractivity contribution in [1.29, 1.82) is 0 Å². The number of nitrogens with one attached hydrogen (secondary N) is 1. The third kappa shape index (κ3) is 3.29. The van der Waals surface area contributed by atoms with Crippen molar-refractivity contribution in [2.45, 2.75) is 45.1 Å². The van der Waals surface area contributed by atoms with Crippen molar-refractivity contribution in [3.05, 3.63) is 11.8 Å². The lowest BCUT2D eigenvalue weighted by Gasteiger charge is -2.08. The first-order valence-corrected chi connectivity index (χ1v) is 6.38. The molecule has 1 N–H and O–H groups in total. The van der Waals surface area contributed by atoms with Crippen LogP contribution in [0.1, 0.15) is 44.4 Å². The number of hydrogen-bond acceptors (Lipinski definition) is 5. The van der Waals surface area contributed by atoms with E-state index in [0.29, 0.717) is 31.4 Å². The van der Waals surface area contributed by atoms with E-state index in [0.717, 1.165) is 12.8 Å². The zero-order valence-corrected chi connectivity index (χ0v) is 10.8. The maximum atomic E-state index is 11.6. The normalized spacial score (nSPS) is 19.4. The predicted molar refractivity (Wildman–Crippen MR) is 64.1 cm³/mol. The highest BCUT2D eigenvalue weighted by molar-refractivity contribution is 5.80. The van der Waals surface area contributed by atoms with Crippen molar-refractivity contribution in [2.75, 3.05) is 13.2 Å². The van der Waals surface area contributed by atoms with Gasteiger partial charge in [-0.15, -0.1) is 10.2 Å². The van der Waals surface area contributed by atoms with Gasteiger partial charge >= 0.3 is 0 Å². The molecule has 1 unspecified atom stereocenters. The molecule has 0 spiro atoms. The van der Waals surface area contributed by atoms with Gasteiger partial charge in [0.25, 0.3) is 0 Å². The number of hydrogen-bond donors (Lipinski definition) is 1.